The summed E-state index contributed by atoms with van der Waals surface area (Å²) in [5.74, 6) is 0.945. The quantitative estimate of drug-likeness (QED) is 0.675. The van der Waals surface area contributed by atoms with Crippen molar-refractivity contribution < 1.29 is 4.79 Å². The molecule has 0 saturated carbocycles. The van der Waals surface area contributed by atoms with Gasteiger partial charge in [-0.1, -0.05) is 35.5 Å². The van der Waals surface area contributed by atoms with Crippen molar-refractivity contribution in [2.24, 2.45) is 7.05 Å². The molecule has 1 N–H and O–H groups in total. The average Bonchev–Trinajstić information content (AvgIpc) is 3.19. The summed E-state index contributed by atoms with van der Waals surface area (Å²) in [5.41, 5.74) is 1.66. The van der Waals surface area contributed by atoms with Gasteiger partial charge < -0.3 is 9.88 Å². The van der Waals surface area contributed by atoms with Gasteiger partial charge in [-0.3, -0.25) is 4.79 Å². The highest BCUT2D eigenvalue weighted by molar-refractivity contribution is 7.99. The SMILES string of the molecule is Cc1ccc(NC(=O)CSc2nnc(-c3cccs3)n2C)cc1Cl. The number of hydrogen-bond donors (Lipinski definition) is 1. The minimum Gasteiger partial charge on any atom is -0.325 e. The van der Waals surface area contributed by atoms with Crippen LogP contribution in [-0.4, -0.2) is 26.4 Å². The van der Waals surface area contributed by atoms with Crippen molar-refractivity contribution in [3.8, 4) is 10.7 Å². The van der Waals surface area contributed by atoms with E-state index in [-0.39, 0.29) is 11.7 Å². The van der Waals surface area contributed by atoms with E-state index < -0.39 is 0 Å². The molecule has 0 saturated heterocycles. The van der Waals surface area contributed by atoms with E-state index in [0.717, 1.165) is 16.3 Å². The number of carbonyl (C=O) groups is 1. The number of halogens is 1. The molecule has 3 aromatic rings. The number of carbonyl (C=O) groups excluding carboxylic acids is 1. The summed E-state index contributed by atoms with van der Waals surface area (Å²) in [4.78, 5) is 13.1. The van der Waals surface area contributed by atoms with Gasteiger partial charge in [0, 0.05) is 17.8 Å². The van der Waals surface area contributed by atoms with Gasteiger partial charge in [0.15, 0.2) is 11.0 Å². The molecule has 0 atom stereocenters. The first kappa shape index (κ1) is 17.0. The predicted molar refractivity (Wildman–Crippen MR) is 99.9 cm³/mol. The van der Waals surface area contributed by atoms with Gasteiger partial charge in [0.1, 0.15) is 0 Å². The summed E-state index contributed by atoms with van der Waals surface area (Å²) >= 11 is 9.02. The Kier molecular flexibility index (Phi) is 5.23. The summed E-state index contributed by atoms with van der Waals surface area (Å²) in [7, 11) is 1.90. The van der Waals surface area contributed by atoms with E-state index in [0.29, 0.717) is 15.9 Å². The number of thiophene rings is 1. The second-order valence-electron chi connectivity index (χ2n) is 5.14. The lowest BCUT2D eigenvalue weighted by atomic mass is 10.2. The fourth-order valence-electron chi connectivity index (χ4n) is 2.06. The van der Waals surface area contributed by atoms with Crippen LogP contribution in [0.15, 0.2) is 40.9 Å². The second kappa shape index (κ2) is 7.38. The molecule has 1 amide bonds. The number of aryl methyl sites for hydroxylation is 1. The van der Waals surface area contributed by atoms with Crippen LogP contribution in [0.2, 0.25) is 5.02 Å². The Hall–Kier alpha value is -1.83. The minimum absolute atomic E-state index is 0.111. The van der Waals surface area contributed by atoms with Gasteiger partial charge in [0.05, 0.1) is 10.6 Å². The van der Waals surface area contributed by atoms with Crippen LogP contribution in [0, 0.1) is 6.92 Å². The Labute approximate surface area is 153 Å². The number of amides is 1. The summed E-state index contributed by atoms with van der Waals surface area (Å²) < 4.78 is 1.90. The molecule has 8 heteroatoms. The van der Waals surface area contributed by atoms with Gasteiger partial charge in [-0.05, 0) is 36.1 Å². The average molecular weight is 379 g/mol. The van der Waals surface area contributed by atoms with E-state index in [1.165, 1.54) is 11.8 Å². The number of thioether (sulfide) groups is 1. The Morgan fingerprint density at radius 2 is 2.21 bits per heavy atom. The van der Waals surface area contributed by atoms with Gasteiger partial charge in [0.25, 0.3) is 0 Å². The standard InChI is InChI=1S/C16H15ClN4OS2/c1-10-5-6-11(8-12(10)17)18-14(22)9-24-16-20-19-15(21(16)2)13-4-3-7-23-13/h3-8H,9H2,1-2H3,(H,18,22). The first-order valence-electron chi connectivity index (χ1n) is 7.16. The summed E-state index contributed by atoms with van der Waals surface area (Å²) in [5, 5.41) is 14.5. The summed E-state index contributed by atoms with van der Waals surface area (Å²) in [6.45, 7) is 1.92. The molecule has 0 unspecified atom stereocenters. The molecule has 2 heterocycles. The van der Waals surface area contributed by atoms with Crippen LogP contribution in [-0.2, 0) is 11.8 Å². The van der Waals surface area contributed by atoms with E-state index in [4.69, 9.17) is 11.6 Å². The van der Waals surface area contributed by atoms with Gasteiger partial charge in [0.2, 0.25) is 5.91 Å². The largest absolute Gasteiger partial charge is 0.325 e. The van der Waals surface area contributed by atoms with Gasteiger partial charge >= 0.3 is 0 Å². The van der Waals surface area contributed by atoms with Crippen LogP contribution in [0.5, 0.6) is 0 Å². The van der Waals surface area contributed by atoms with Crippen LogP contribution >= 0.6 is 34.7 Å². The Balaban J connectivity index is 1.61. The van der Waals surface area contributed by atoms with Crippen molar-refractivity contribution in [3.05, 3.63) is 46.3 Å². The predicted octanol–water partition coefficient (Wildman–Crippen LogP) is 4.24. The molecule has 0 fully saturated rings. The van der Waals surface area contributed by atoms with Crippen LogP contribution in [0.25, 0.3) is 10.7 Å². The van der Waals surface area contributed by atoms with Gasteiger partial charge in [-0.15, -0.1) is 21.5 Å². The molecule has 5 nitrogen and oxygen atoms in total. The highest BCUT2D eigenvalue weighted by atomic mass is 35.5. The molecule has 0 bridgehead atoms. The molecule has 2 aromatic heterocycles. The van der Waals surface area contributed by atoms with Crippen molar-refractivity contribution in [1.29, 1.82) is 0 Å². The van der Waals surface area contributed by atoms with E-state index >= 15 is 0 Å². The molecule has 1 aromatic carbocycles. The number of hydrogen-bond acceptors (Lipinski definition) is 5. The molecule has 0 spiro atoms. The monoisotopic (exact) mass is 378 g/mol. The number of nitrogens with one attached hydrogen (secondary N) is 1. The van der Waals surface area contributed by atoms with Crippen molar-refractivity contribution in [2.45, 2.75) is 12.1 Å². The zero-order chi connectivity index (χ0) is 17.1. The van der Waals surface area contributed by atoms with E-state index in [9.17, 15) is 4.79 Å². The lowest BCUT2D eigenvalue weighted by Crippen LogP contribution is -2.14. The number of benzene rings is 1. The van der Waals surface area contributed by atoms with Crippen LogP contribution < -0.4 is 5.32 Å². The lowest BCUT2D eigenvalue weighted by Gasteiger charge is -2.07. The number of rotatable bonds is 5. The Bertz CT molecular complexity index is 861. The Morgan fingerprint density at radius 1 is 1.38 bits per heavy atom. The number of nitrogens with zero attached hydrogens (tertiary/aromatic N) is 3. The molecule has 24 heavy (non-hydrogen) atoms. The molecular weight excluding hydrogens is 364 g/mol. The molecular formula is C16H15ClN4OS2. The second-order valence-corrected chi connectivity index (χ2v) is 7.44. The molecule has 0 aliphatic carbocycles. The molecule has 3 rings (SSSR count). The van der Waals surface area contributed by atoms with Crippen molar-refractivity contribution >= 4 is 46.3 Å². The van der Waals surface area contributed by atoms with E-state index in [2.05, 4.69) is 15.5 Å². The summed E-state index contributed by atoms with van der Waals surface area (Å²) in [6.07, 6.45) is 0. The van der Waals surface area contributed by atoms with Gasteiger partial charge in [-0.25, -0.2) is 0 Å². The van der Waals surface area contributed by atoms with E-state index in [1.807, 2.05) is 48.2 Å². The molecule has 0 aliphatic rings. The smallest absolute Gasteiger partial charge is 0.234 e. The maximum absolute atomic E-state index is 12.1. The molecule has 0 aliphatic heterocycles. The maximum Gasteiger partial charge on any atom is 0.234 e. The third-order valence-electron chi connectivity index (χ3n) is 3.36. The lowest BCUT2D eigenvalue weighted by molar-refractivity contribution is -0.113. The van der Waals surface area contributed by atoms with Gasteiger partial charge in [-0.2, -0.15) is 0 Å². The number of anilines is 1. The van der Waals surface area contributed by atoms with Crippen LogP contribution in [0.1, 0.15) is 5.56 Å². The van der Waals surface area contributed by atoms with E-state index in [1.54, 1.807) is 17.4 Å². The fourth-order valence-corrected chi connectivity index (χ4v) is 3.69. The van der Waals surface area contributed by atoms with Crippen LogP contribution in [0.3, 0.4) is 0 Å². The van der Waals surface area contributed by atoms with Crippen molar-refractivity contribution in [2.75, 3.05) is 11.1 Å². The van der Waals surface area contributed by atoms with Crippen molar-refractivity contribution in [3.63, 3.8) is 0 Å². The molecule has 0 radical (unpaired) electrons. The fraction of sp³-hybridized carbons (Fsp3) is 0.188. The Morgan fingerprint density at radius 3 is 2.92 bits per heavy atom. The van der Waals surface area contributed by atoms with Crippen molar-refractivity contribution in [1.82, 2.24) is 14.8 Å². The topological polar surface area (TPSA) is 59.8 Å². The maximum atomic E-state index is 12.1. The zero-order valence-corrected chi connectivity index (χ0v) is 15.5. The summed E-state index contributed by atoms with van der Waals surface area (Å²) in [6, 6.07) is 9.43. The normalized spacial score (nSPS) is 10.8. The highest BCUT2D eigenvalue weighted by Gasteiger charge is 2.13. The zero-order valence-electron chi connectivity index (χ0n) is 13.1. The third kappa shape index (κ3) is 3.80. The third-order valence-corrected chi connectivity index (χ3v) is 5.66. The van der Waals surface area contributed by atoms with Crippen LogP contribution in [0.4, 0.5) is 5.69 Å². The molecule has 124 valence electrons. The first-order valence-corrected chi connectivity index (χ1v) is 9.41. The minimum atomic E-state index is -0.111. The first-order chi connectivity index (χ1) is 11.5. The highest BCUT2D eigenvalue weighted by Crippen LogP contribution is 2.26. The number of aromatic nitrogens is 3.